The summed E-state index contributed by atoms with van der Waals surface area (Å²) in [5.41, 5.74) is 5.49. The van der Waals surface area contributed by atoms with E-state index < -0.39 is 15.3 Å². The van der Waals surface area contributed by atoms with Gasteiger partial charge in [0.15, 0.2) is 0 Å². The third-order valence-electron chi connectivity index (χ3n) is 5.55. The van der Waals surface area contributed by atoms with Gasteiger partial charge in [0.2, 0.25) is 10.0 Å². The van der Waals surface area contributed by atoms with E-state index in [1.165, 1.54) is 19.3 Å². The van der Waals surface area contributed by atoms with Gasteiger partial charge in [-0.15, -0.1) is 0 Å². The van der Waals surface area contributed by atoms with Gasteiger partial charge in [0.25, 0.3) is 0 Å². The highest BCUT2D eigenvalue weighted by Crippen LogP contribution is 2.55. The maximum atomic E-state index is 12.5. The predicted molar refractivity (Wildman–Crippen MR) is 76.1 cm³/mol. The van der Waals surface area contributed by atoms with Gasteiger partial charge in [-0.3, -0.25) is 0 Å². The van der Waals surface area contributed by atoms with Crippen molar-refractivity contribution in [2.45, 2.75) is 62.7 Å². The highest BCUT2D eigenvalue weighted by Gasteiger charge is 2.52. The Morgan fingerprint density at radius 1 is 1.16 bits per heavy atom. The Labute approximate surface area is 116 Å². The molecule has 4 aliphatic carbocycles. The highest BCUT2D eigenvalue weighted by molar-refractivity contribution is 7.90. The fraction of sp³-hybridized carbons (Fsp3) is 1.00. The minimum atomic E-state index is -3.26. The van der Waals surface area contributed by atoms with Gasteiger partial charge in [-0.25, -0.2) is 13.1 Å². The average Bonchev–Trinajstić information content (AvgIpc) is 2.26. The summed E-state index contributed by atoms with van der Waals surface area (Å²) in [5.74, 6) is 2.27. The smallest absolute Gasteiger partial charge is 0.216 e. The van der Waals surface area contributed by atoms with Gasteiger partial charge in [0, 0.05) is 12.1 Å². The molecule has 110 valence electrons. The molecule has 4 bridgehead atoms. The lowest BCUT2D eigenvalue weighted by atomic mass is 9.53. The first kappa shape index (κ1) is 13.8. The maximum Gasteiger partial charge on any atom is 0.216 e. The molecule has 1 unspecified atom stereocenters. The summed E-state index contributed by atoms with van der Waals surface area (Å²) in [6, 6.07) is 0. The highest BCUT2D eigenvalue weighted by atomic mass is 32.2. The molecule has 3 N–H and O–H groups in total. The second-order valence-corrected chi connectivity index (χ2v) is 9.07. The van der Waals surface area contributed by atoms with E-state index in [2.05, 4.69) is 4.72 Å². The molecule has 0 aromatic carbocycles. The summed E-state index contributed by atoms with van der Waals surface area (Å²) in [4.78, 5) is 0. The summed E-state index contributed by atoms with van der Waals surface area (Å²) in [5, 5.41) is -0.430. The first-order valence-electron chi connectivity index (χ1n) is 7.69. The van der Waals surface area contributed by atoms with Crippen molar-refractivity contribution >= 4 is 10.0 Å². The molecule has 4 fully saturated rings. The quantitative estimate of drug-likeness (QED) is 0.806. The minimum absolute atomic E-state index is 0.129. The van der Waals surface area contributed by atoms with Crippen LogP contribution in [0.5, 0.6) is 0 Å². The average molecular weight is 286 g/mol. The number of nitrogens with one attached hydrogen (secondary N) is 1. The number of hydrogen-bond donors (Lipinski definition) is 2. The van der Waals surface area contributed by atoms with Crippen molar-refractivity contribution in [3.05, 3.63) is 0 Å². The summed E-state index contributed by atoms with van der Waals surface area (Å²) in [6.07, 6.45) is 7.75. The second kappa shape index (κ2) is 4.71. The molecular weight excluding hydrogens is 260 g/mol. The van der Waals surface area contributed by atoms with Crippen LogP contribution >= 0.6 is 0 Å². The minimum Gasteiger partial charge on any atom is -0.329 e. The molecule has 4 nitrogen and oxygen atoms in total. The normalized spacial score (nSPS) is 42.5. The zero-order chi connectivity index (χ0) is 13.7. The molecule has 0 aromatic heterocycles. The van der Waals surface area contributed by atoms with Crippen molar-refractivity contribution in [3.8, 4) is 0 Å². The fourth-order valence-corrected chi connectivity index (χ4v) is 6.85. The van der Waals surface area contributed by atoms with E-state index in [1.807, 2.05) is 6.92 Å². The van der Waals surface area contributed by atoms with E-state index in [-0.39, 0.29) is 12.1 Å². The van der Waals surface area contributed by atoms with Gasteiger partial charge in [0.1, 0.15) is 0 Å². The third kappa shape index (κ3) is 2.45. The molecule has 4 rings (SSSR count). The van der Waals surface area contributed by atoms with Crippen LogP contribution in [0.3, 0.4) is 0 Å². The molecule has 0 radical (unpaired) electrons. The van der Waals surface area contributed by atoms with E-state index >= 15 is 0 Å². The lowest BCUT2D eigenvalue weighted by Gasteiger charge is -2.56. The van der Waals surface area contributed by atoms with E-state index in [4.69, 9.17) is 5.73 Å². The molecule has 4 saturated carbocycles. The Bertz CT molecular complexity index is 407. The van der Waals surface area contributed by atoms with E-state index in [0.717, 1.165) is 37.0 Å². The molecular formula is C14H26N2O2S. The van der Waals surface area contributed by atoms with Crippen molar-refractivity contribution in [3.63, 3.8) is 0 Å². The van der Waals surface area contributed by atoms with Crippen LogP contribution in [-0.4, -0.2) is 25.8 Å². The second-order valence-electron chi connectivity index (χ2n) is 7.11. The lowest BCUT2D eigenvalue weighted by Crippen LogP contribution is -2.61. The van der Waals surface area contributed by atoms with Crippen LogP contribution in [0.15, 0.2) is 0 Å². The van der Waals surface area contributed by atoms with Gasteiger partial charge in [-0.2, -0.15) is 0 Å². The Morgan fingerprint density at radius 3 is 2.00 bits per heavy atom. The van der Waals surface area contributed by atoms with E-state index in [0.29, 0.717) is 6.42 Å². The standard InChI is InChI=1S/C14H26N2O2S/c1-2-13(9-15)19(17,18)16-14-6-10-3-11(7-14)5-12(4-10)8-14/h10-13,16H,2-9,15H2,1H3. The van der Waals surface area contributed by atoms with Crippen LogP contribution in [0, 0.1) is 17.8 Å². The lowest BCUT2D eigenvalue weighted by molar-refractivity contribution is -0.00822. The Hall–Kier alpha value is -0.130. The van der Waals surface area contributed by atoms with Gasteiger partial charge < -0.3 is 5.73 Å². The van der Waals surface area contributed by atoms with Crippen molar-refractivity contribution in [2.24, 2.45) is 23.5 Å². The van der Waals surface area contributed by atoms with Crippen molar-refractivity contribution in [1.82, 2.24) is 4.72 Å². The maximum absolute atomic E-state index is 12.5. The molecule has 0 aromatic rings. The molecule has 1 atom stereocenters. The number of rotatable bonds is 5. The Morgan fingerprint density at radius 2 is 1.63 bits per heavy atom. The van der Waals surface area contributed by atoms with Crippen LogP contribution < -0.4 is 10.5 Å². The van der Waals surface area contributed by atoms with Crippen LogP contribution in [-0.2, 0) is 10.0 Å². The number of nitrogens with two attached hydrogens (primary N) is 1. The Balaban J connectivity index is 1.79. The molecule has 0 aliphatic heterocycles. The largest absolute Gasteiger partial charge is 0.329 e. The van der Waals surface area contributed by atoms with Gasteiger partial charge >= 0.3 is 0 Å². The van der Waals surface area contributed by atoms with Crippen molar-refractivity contribution in [2.75, 3.05) is 6.54 Å². The summed E-state index contributed by atoms with van der Waals surface area (Å²) in [7, 11) is -3.26. The summed E-state index contributed by atoms with van der Waals surface area (Å²) in [6.45, 7) is 2.12. The van der Waals surface area contributed by atoms with E-state index in [1.54, 1.807) is 0 Å². The van der Waals surface area contributed by atoms with Gasteiger partial charge in [-0.05, 0) is 62.7 Å². The van der Waals surface area contributed by atoms with Crippen molar-refractivity contribution in [1.29, 1.82) is 0 Å². The number of hydrogen-bond acceptors (Lipinski definition) is 3. The van der Waals surface area contributed by atoms with E-state index in [9.17, 15) is 8.42 Å². The van der Waals surface area contributed by atoms with Crippen LogP contribution in [0.25, 0.3) is 0 Å². The predicted octanol–water partition coefficient (Wildman–Crippen LogP) is 1.61. The Kier molecular flexibility index (Phi) is 3.43. The summed E-state index contributed by atoms with van der Waals surface area (Å²) < 4.78 is 28.1. The third-order valence-corrected chi connectivity index (χ3v) is 7.68. The molecule has 0 saturated heterocycles. The van der Waals surface area contributed by atoms with Gasteiger partial charge in [-0.1, -0.05) is 6.92 Å². The van der Waals surface area contributed by atoms with Gasteiger partial charge in [0.05, 0.1) is 5.25 Å². The molecule has 4 aliphatic rings. The molecule has 0 heterocycles. The molecule has 19 heavy (non-hydrogen) atoms. The molecule has 0 spiro atoms. The zero-order valence-electron chi connectivity index (χ0n) is 11.8. The monoisotopic (exact) mass is 286 g/mol. The first-order chi connectivity index (χ1) is 8.96. The fourth-order valence-electron chi connectivity index (χ4n) is 5.13. The SMILES string of the molecule is CCC(CN)S(=O)(=O)NC12CC3CC(CC(C3)C1)C2. The van der Waals surface area contributed by atoms with Crippen molar-refractivity contribution < 1.29 is 8.42 Å². The molecule has 0 amide bonds. The van der Waals surface area contributed by atoms with Crippen LogP contribution in [0.4, 0.5) is 0 Å². The molecule has 5 heteroatoms. The number of sulfonamides is 1. The van der Waals surface area contributed by atoms with Crippen LogP contribution in [0.1, 0.15) is 51.9 Å². The first-order valence-corrected chi connectivity index (χ1v) is 9.24. The zero-order valence-corrected chi connectivity index (χ0v) is 12.6. The topological polar surface area (TPSA) is 72.2 Å². The van der Waals surface area contributed by atoms with Crippen LogP contribution in [0.2, 0.25) is 0 Å². The summed E-state index contributed by atoms with van der Waals surface area (Å²) >= 11 is 0.